The summed E-state index contributed by atoms with van der Waals surface area (Å²) >= 11 is 3.58. The molecular formula is C27H32BrNO4. The summed E-state index contributed by atoms with van der Waals surface area (Å²) in [7, 11) is 1.68. The summed E-state index contributed by atoms with van der Waals surface area (Å²) in [6, 6.07) is 12.7. The maximum Gasteiger partial charge on any atom is 0.133 e. The van der Waals surface area contributed by atoms with Crippen molar-refractivity contribution in [2.45, 2.75) is 31.6 Å². The highest BCUT2D eigenvalue weighted by Gasteiger charge is 2.21. The quantitative estimate of drug-likeness (QED) is 0.324. The van der Waals surface area contributed by atoms with E-state index in [2.05, 4.69) is 51.2 Å². The zero-order chi connectivity index (χ0) is 23.0. The molecule has 2 heterocycles. The van der Waals surface area contributed by atoms with E-state index in [9.17, 15) is 4.79 Å². The van der Waals surface area contributed by atoms with E-state index in [0.29, 0.717) is 19.1 Å². The highest BCUT2D eigenvalue weighted by molar-refractivity contribution is 9.10. The van der Waals surface area contributed by atoms with Gasteiger partial charge in [0.2, 0.25) is 0 Å². The Hall–Kier alpha value is -2.15. The van der Waals surface area contributed by atoms with E-state index >= 15 is 0 Å². The van der Waals surface area contributed by atoms with Gasteiger partial charge in [-0.15, -0.1) is 0 Å². The number of nitrogens with zero attached hydrogens (tertiary/aromatic N) is 1. The SMILES string of the molecule is COCCOc1cc(CC2CCN(CCc3ccc4c(c3)C(C=O)C=CO4)CC2)ccc1Br. The minimum Gasteiger partial charge on any atom is -0.490 e. The molecule has 0 aliphatic carbocycles. The Bertz CT molecular complexity index is 969. The summed E-state index contributed by atoms with van der Waals surface area (Å²) in [4.78, 5) is 13.9. The molecule has 2 aromatic carbocycles. The highest BCUT2D eigenvalue weighted by Crippen LogP contribution is 2.32. The number of fused-ring (bicyclic) bond motifs is 1. The van der Waals surface area contributed by atoms with Crippen molar-refractivity contribution in [3.63, 3.8) is 0 Å². The van der Waals surface area contributed by atoms with Gasteiger partial charge in [0, 0.05) is 19.2 Å². The van der Waals surface area contributed by atoms with Crippen LogP contribution in [0.3, 0.4) is 0 Å². The number of halogens is 1. The highest BCUT2D eigenvalue weighted by atomic mass is 79.9. The van der Waals surface area contributed by atoms with Crippen molar-refractivity contribution in [1.29, 1.82) is 0 Å². The lowest BCUT2D eigenvalue weighted by Crippen LogP contribution is -2.35. The smallest absolute Gasteiger partial charge is 0.133 e. The Labute approximate surface area is 204 Å². The van der Waals surface area contributed by atoms with Gasteiger partial charge >= 0.3 is 0 Å². The zero-order valence-corrected chi connectivity index (χ0v) is 20.8. The minimum atomic E-state index is -0.200. The number of hydrogen-bond donors (Lipinski definition) is 0. The van der Waals surface area contributed by atoms with Crippen LogP contribution in [0, 0.1) is 5.92 Å². The zero-order valence-electron chi connectivity index (χ0n) is 19.2. The van der Waals surface area contributed by atoms with Gasteiger partial charge in [0.1, 0.15) is 24.4 Å². The third-order valence-corrected chi connectivity index (χ3v) is 7.20. The number of carbonyl (C=O) groups excluding carboxylic acids is 1. The first-order valence-corrected chi connectivity index (χ1v) is 12.5. The standard InChI is InChI=1S/C27H32BrNO4/c1-31-14-15-33-27-18-22(2-4-25(27)28)16-21-7-11-29(12-8-21)10-6-20-3-5-26-24(17-20)23(19-30)9-13-32-26/h2-5,9,13,17-19,21,23H,6-8,10-12,14-16H2,1H3. The average molecular weight is 514 g/mol. The second-order valence-electron chi connectivity index (χ2n) is 8.83. The molecule has 0 radical (unpaired) electrons. The van der Waals surface area contributed by atoms with Crippen LogP contribution in [-0.4, -0.2) is 51.1 Å². The molecule has 33 heavy (non-hydrogen) atoms. The summed E-state index contributed by atoms with van der Waals surface area (Å²) in [5.41, 5.74) is 3.57. The van der Waals surface area contributed by atoms with Crippen molar-refractivity contribution in [2.24, 2.45) is 5.92 Å². The number of piperidine rings is 1. The number of ether oxygens (including phenoxy) is 3. The molecule has 2 aliphatic rings. The summed E-state index contributed by atoms with van der Waals surface area (Å²) < 4.78 is 17.4. The number of allylic oxidation sites excluding steroid dienone is 1. The molecule has 0 bridgehead atoms. The number of likely N-dealkylation sites (tertiary alicyclic amines) is 1. The van der Waals surface area contributed by atoms with Crippen molar-refractivity contribution >= 4 is 22.2 Å². The molecule has 176 valence electrons. The van der Waals surface area contributed by atoms with E-state index < -0.39 is 0 Å². The van der Waals surface area contributed by atoms with Gasteiger partial charge in [-0.05, 0) is 96.0 Å². The molecule has 0 aromatic heterocycles. The summed E-state index contributed by atoms with van der Waals surface area (Å²) in [6.07, 6.45) is 8.90. The van der Waals surface area contributed by atoms with Crippen molar-refractivity contribution in [2.75, 3.05) is 40.0 Å². The molecule has 0 saturated carbocycles. The Morgan fingerprint density at radius 3 is 2.73 bits per heavy atom. The van der Waals surface area contributed by atoms with Gasteiger partial charge in [0.15, 0.2) is 0 Å². The van der Waals surface area contributed by atoms with Crippen LogP contribution >= 0.6 is 15.9 Å². The fourth-order valence-corrected chi connectivity index (χ4v) is 4.96. The van der Waals surface area contributed by atoms with Gasteiger partial charge in [-0.2, -0.15) is 0 Å². The molecular weight excluding hydrogens is 482 g/mol. The lowest BCUT2D eigenvalue weighted by Gasteiger charge is -2.32. The number of hydrogen-bond acceptors (Lipinski definition) is 5. The molecule has 4 rings (SSSR count). The second kappa shape index (κ2) is 11.8. The van der Waals surface area contributed by atoms with Crippen LogP contribution in [-0.2, 0) is 22.4 Å². The molecule has 0 N–H and O–H groups in total. The van der Waals surface area contributed by atoms with E-state index in [1.54, 1.807) is 13.4 Å². The van der Waals surface area contributed by atoms with Gasteiger partial charge < -0.3 is 23.9 Å². The first-order chi connectivity index (χ1) is 16.2. The summed E-state index contributed by atoms with van der Waals surface area (Å²) in [5.74, 6) is 2.19. The molecule has 1 atom stereocenters. The molecule has 5 nitrogen and oxygen atoms in total. The molecule has 1 saturated heterocycles. The first kappa shape index (κ1) is 24.0. The fraction of sp³-hybridized carbons (Fsp3) is 0.444. The van der Waals surface area contributed by atoms with Crippen LogP contribution in [0.15, 0.2) is 53.2 Å². The van der Waals surface area contributed by atoms with E-state index in [0.717, 1.165) is 60.3 Å². The van der Waals surface area contributed by atoms with Gasteiger partial charge in [-0.3, -0.25) is 0 Å². The van der Waals surface area contributed by atoms with E-state index in [1.165, 1.54) is 24.0 Å². The Balaban J connectivity index is 1.25. The maximum absolute atomic E-state index is 11.4. The van der Waals surface area contributed by atoms with Crippen molar-refractivity contribution in [1.82, 2.24) is 4.90 Å². The van der Waals surface area contributed by atoms with Crippen LogP contribution in [0.2, 0.25) is 0 Å². The molecule has 2 aromatic rings. The fourth-order valence-electron chi connectivity index (χ4n) is 4.60. The van der Waals surface area contributed by atoms with E-state index in [4.69, 9.17) is 14.2 Å². The van der Waals surface area contributed by atoms with Gasteiger partial charge in [0.05, 0.1) is 23.3 Å². The van der Waals surface area contributed by atoms with E-state index in [1.807, 2.05) is 12.1 Å². The van der Waals surface area contributed by atoms with Gasteiger partial charge in [-0.1, -0.05) is 18.2 Å². The predicted molar refractivity (Wildman–Crippen MR) is 133 cm³/mol. The van der Waals surface area contributed by atoms with Gasteiger partial charge in [0.25, 0.3) is 0 Å². The number of rotatable bonds is 10. The van der Waals surface area contributed by atoms with Crippen molar-refractivity contribution < 1.29 is 19.0 Å². The Kier molecular flexibility index (Phi) is 8.59. The van der Waals surface area contributed by atoms with Crippen LogP contribution in [0.1, 0.15) is 35.4 Å². The summed E-state index contributed by atoms with van der Waals surface area (Å²) in [6.45, 7) is 4.45. The Morgan fingerprint density at radius 1 is 1.12 bits per heavy atom. The monoisotopic (exact) mass is 513 g/mol. The lowest BCUT2D eigenvalue weighted by atomic mass is 9.90. The maximum atomic E-state index is 11.4. The predicted octanol–water partition coefficient (Wildman–Crippen LogP) is 5.16. The summed E-state index contributed by atoms with van der Waals surface area (Å²) in [5, 5.41) is 0. The van der Waals surface area contributed by atoms with Crippen LogP contribution in [0.5, 0.6) is 11.5 Å². The normalized spacial score (nSPS) is 18.5. The molecule has 6 heteroatoms. The lowest BCUT2D eigenvalue weighted by molar-refractivity contribution is -0.108. The molecule has 1 unspecified atom stereocenters. The first-order valence-electron chi connectivity index (χ1n) is 11.7. The molecule has 0 amide bonds. The molecule has 0 spiro atoms. The van der Waals surface area contributed by atoms with Crippen LogP contribution in [0.25, 0.3) is 0 Å². The number of carbonyl (C=O) groups is 1. The third-order valence-electron chi connectivity index (χ3n) is 6.55. The minimum absolute atomic E-state index is 0.200. The van der Waals surface area contributed by atoms with Crippen LogP contribution in [0.4, 0.5) is 0 Å². The number of methoxy groups -OCH3 is 1. The van der Waals surface area contributed by atoms with Gasteiger partial charge in [-0.25, -0.2) is 0 Å². The average Bonchev–Trinajstić information content (AvgIpc) is 2.85. The second-order valence-corrected chi connectivity index (χ2v) is 9.68. The number of benzene rings is 2. The van der Waals surface area contributed by atoms with Crippen molar-refractivity contribution in [3.8, 4) is 11.5 Å². The topological polar surface area (TPSA) is 48.0 Å². The van der Waals surface area contributed by atoms with E-state index in [-0.39, 0.29) is 5.92 Å². The molecule has 2 aliphatic heterocycles. The molecule has 1 fully saturated rings. The van der Waals surface area contributed by atoms with Crippen molar-refractivity contribution in [3.05, 3.63) is 69.9 Å². The largest absolute Gasteiger partial charge is 0.490 e. The van der Waals surface area contributed by atoms with Crippen LogP contribution < -0.4 is 9.47 Å². The number of aldehydes is 1. The third kappa shape index (κ3) is 6.46. The Morgan fingerprint density at radius 2 is 1.94 bits per heavy atom.